The van der Waals surface area contributed by atoms with Gasteiger partial charge in [-0.3, -0.25) is 19.7 Å². The molecule has 0 aliphatic rings. The Morgan fingerprint density at radius 2 is 1.79 bits per heavy atom. The molecule has 0 aliphatic heterocycles. The summed E-state index contributed by atoms with van der Waals surface area (Å²) in [5.74, 6) is -1.28. The van der Waals surface area contributed by atoms with Crippen molar-refractivity contribution in [3.8, 4) is 11.5 Å². The van der Waals surface area contributed by atoms with E-state index >= 15 is 0 Å². The van der Waals surface area contributed by atoms with Gasteiger partial charge < -0.3 is 18.6 Å². The van der Waals surface area contributed by atoms with Crippen LogP contribution in [0.3, 0.4) is 0 Å². The predicted octanol–water partition coefficient (Wildman–Crippen LogP) is 2.55. The third-order valence-corrected chi connectivity index (χ3v) is 5.04. The Bertz CT molecular complexity index is 1260. The highest BCUT2D eigenvalue weighted by Crippen LogP contribution is 2.24. The second-order valence-corrected chi connectivity index (χ2v) is 7.09. The molecule has 1 N–H and O–H groups in total. The summed E-state index contributed by atoms with van der Waals surface area (Å²) in [4.78, 5) is 48.7. The second kappa shape index (κ2) is 10.4. The molecule has 172 valence electrons. The number of hydrogen-bond acceptors (Lipinski definition) is 8. The summed E-state index contributed by atoms with van der Waals surface area (Å²) in [5, 5.41) is 2.87. The number of fused-ring (bicyclic) bond motifs is 1. The zero-order valence-electron chi connectivity index (χ0n) is 18.4. The maximum atomic E-state index is 12.4. The summed E-state index contributed by atoms with van der Waals surface area (Å²) < 4.78 is 20.5. The number of esters is 1. The largest absolute Gasteiger partial charge is 0.497 e. The summed E-state index contributed by atoms with van der Waals surface area (Å²) in [6.45, 7) is 1.13. The van der Waals surface area contributed by atoms with Crippen molar-refractivity contribution in [2.75, 3.05) is 20.8 Å². The van der Waals surface area contributed by atoms with E-state index in [1.54, 1.807) is 43.3 Å². The molecule has 0 aliphatic carbocycles. The van der Waals surface area contributed by atoms with Crippen LogP contribution in [0.15, 0.2) is 51.7 Å². The molecule has 33 heavy (non-hydrogen) atoms. The van der Waals surface area contributed by atoms with E-state index in [0.29, 0.717) is 28.2 Å². The van der Waals surface area contributed by atoms with Gasteiger partial charge in [-0.15, -0.1) is 0 Å². The zero-order valence-corrected chi connectivity index (χ0v) is 18.4. The average Bonchev–Trinajstić information content (AvgIpc) is 2.82. The lowest BCUT2D eigenvalue weighted by Crippen LogP contribution is -2.34. The van der Waals surface area contributed by atoms with Gasteiger partial charge in [-0.05, 0) is 43.2 Å². The quantitative estimate of drug-likeness (QED) is 0.408. The van der Waals surface area contributed by atoms with Crippen LogP contribution in [0.5, 0.6) is 11.5 Å². The fraction of sp³-hybridized carbons (Fsp3) is 0.250. The number of imide groups is 1. The van der Waals surface area contributed by atoms with Crippen LogP contribution < -0.4 is 20.4 Å². The van der Waals surface area contributed by atoms with E-state index in [9.17, 15) is 19.2 Å². The van der Waals surface area contributed by atoms with Gasteiger partial charge in [0.1, 0.15) is 17.1 Å². The maximum absolute atomic E-state index is 12.4. The molecule has 0 bridgehead atoms. The van der Waals surface area contributed by atoms with Crippen molar-refractivity contribution >= 4 is 28.8 Å². The van der Waals surface area contributed by atoms with Crippen LogP contribution in [0.1, 0.15) is 27.9 Å². The highest BCUT2D eigenvalue weighted by molar-refractivity contribution is 6.06. The first-order valence-electron chi connectivity index (χ1n) is 10.1. The van der Waals surface area contributed by atoms with Gasteiger partial charge >= 0.3 is 11.6 Å². The molecule has 0 atom stereocenters. The molecule has 0 saturated heterocycles. The fourth-order valence-electron chi connectivity index (χ4n) is 3.30. The molecule has 0 fully saturated rings. The summed E-state index contributed by atoms with van der Waals surface area (Å²) in [5.41, 5.74) is 1.05. The van der Waals surface area contributed by atoms with Crippen LogP contribution in [0, 0.1) is 6.92 Å². The van der Waals surface area contributed by atoms with E-state index in [1.807, 2.05) is 0 Å². The van der Waals surface area contributed by atoms with E-state index in [-0.39, 0.29) is 18.4 Å². The maximum Gasteiger partial charge on any atom is 0.339 e. The van der Waals surface area contributed by atoms with E-state index < -0.39 is 30.0 Å². The minimum absolute atomic E-state index is 0.0801. The first-order valence-corrected chi connectivity index (χ1v) is 10.1. The molecule has 0 radical (unpaired) electrons. The van der Waals surface area contributed by atoms with Gasteiger partial charge in [0.25, 0.3) is 11.8 Å². The first kappa shape index (κ1) is 23.5. The lowest BCUT2D eigenvalue weighted by Gasteiger charge is -2.10. The minimum atomic E-state index is -0.783. The van der Waals surface area contributed by atoms with Crippen LogP contribution >= 0.6 is 0 Å². The van der Waals surface area contributed by atoms with E-state index in [4.69, 9.17) is 18.6 Å². The molecule has 0 saturated carbocycles. The first-order chi connectivity index (χ1) is 15.8. The van der Waals surface area contributed by atoms with Gasteiger partial charge in [-0.1, -0.05) is 12.1 Å². The van der Waals surface area contributed by atoms with Gasteiger partial charge in [0.15, 0.2) is 6.61 Å². The van der Waals surface area contributed by atoms with Crippen molar-refractivity contribution < 1.29 is 33.0 Å². The number of benzene rings is 2. The highest BCUT2D eigenvalue weighted by Gasteiger charge is 2.17. The summed E-state index contributed by atoms with van der Waals surface area (Å²) in [6.07, 6.45) is -0.0578. The molecule has 3 rings (SSSR count). The normalized spacial score (nSPS) is 10.5. The average molecular weight is 453 g/mol. The smallest absolute Gasteiger partial charge is 0.339 e. The number of amides is 2. The van der Waals surface area contributed by atoms with Gasteiger partial charge in [0.05, 0.1) is 19.8 Å². The molecule has 1 aromatic heterocycles. The molecule has 2 aromatic carbocycles. The summed E-state index contributed by atoms with van der Waals surface area (Å²) in [7, 11) is 2.92. The van der Waals surface area contributed by atoms with Crippen LogP contribution in [0.2, 0.25) is 0 Å². The number of carbonyl (C=O) groups is 3. The molecular weight excluding hydrogens is 430 g/mol. The lowest BCUT2D eigenvalue weighted by atomic mass is 10.0. The molecule has 9 nitrogen and oxygen atoms in total. The highest BCUT2D eigenvalue weighted by atomic mass is 16.5. The van der Waals surface area contributed by atoms with Crippen LogP contribution in [-0.4, -0.2) is 38.6 Å². The van der Waals surface area contributed by atoms with Crippen molar-refractivity contribution in [1.82, 2.24) is 5.32 Å². The molecule has 0 spiro atoms. The Labute approximate surface area is 189 Å². The van der Waals surface area contributed by atoms with Crippen LogP contribution in [-0.2, 0) is 20.7 Å². The topological polar surface area (TPSA) is 121 Å². The second-order valence-electron chi connectivity index (χ2n) is 7.09. The molecule has 1 heterocycles. The SMILES string of the molecule is COc1ccc2c(C)c(CCC(=O)OCC(=O)NC(=O)c3ccccc3OC)c(=O)oc2c1. The van der Waals surface area contributed by atoms with Crippen LogP contribution in [0.25, 0.3) is 11.0 Å². The standard InChI is InChI=1S/C24H23NO8/c1-14-16-9-8-15(30-2)12-20(16)33-24(29)17(14)10-11-22(27)32-13-21(26)25-23(28)18-6-4-5-7-19(18)31-3/h4-9,12H,10-11,13H2,1-3H3,(H,25,26,28). The Morgan fingerprint density at radius 3 is 2.52 bits per heavy atom. The molecule has 9 heteroatoms. The van der Waals surface area contributed by atoms with Crippen molar-refractivity contribution in [2.45, 2.75) is 19.8 Å². The number of rotatable bonds is 8. The van der Waals surface area contributed by atoms with Gasteiger partial charge in [0, 0.05) is 23.4 Å². The Morgan fingerprint density at radius 1 is 1.03 bits per heavy atom. The molecule has 3 aromatic rings. The summed E-state index contributed by atoms with van der Waals surface area (Å²) >= 11 is 0. The van der Waals surface area contributed by atoms with E-state index in [2.05, 4.69) is 5.32 Å². The third-order valence-electron chi connectivity index (χ3n) is 5.04. The number of carbonyl (C=O) groups excluding carboxylic acids is 3. The van der Waals surface area contributed by atoms with Crippen molar-refractivity contribution in [1.29, 1.82) is 0 Å². The van der Waals surface area contributed by atoms with E-state index in [1.165, 1.54) is 20.3 Å². The van der Waals surface area contributed by atoms with Gasteiger partial charge in [-0.25, -0.2) is 4.79 Å². The number of methoxy groups -OCH3 is 2. The monoisotopic (exact) mass is 453 g/mol. The van der Waals surface area contributed by atoms with Crippen molar-refractivity contribution in [3.63, 3.8) is 0 Å². The lowest BCUT2D eigenvalue weighted by molar-refractivity contribution is -0.148. The molecular formula is C24H23NO8. The molecule has 2 amide bonds. The number of ether oxygens (including phenoxy) is 3. The van der Waals surface area contributed by atoms with Crippen molar-refractivity contribution in [3.05, 3.63) is 69.6 Å². The van der Waals surface area contributed by atoms with Gasteiger partial charge in [0.2, 0.25) is 0 Å². The summed E-state index contributed by atoms with van der Waals surface area (Å²) in [6, 6.07) is 11.5. The zero-order chi connectivity index (χ0) is 24.0. The van der Waals surface area contributed by atoms with E-state index in [0.717, 1.165) is 5.39 Å². The Hall–Kier alpha value is -4.14. The Balaban J connectivity index is 1.56. The third kappa shape index (κ3) is 5.57. The fourth-order valence-corrected chi connectivity index (χ4v) is 3.30. The number of para-hydroxylation sites is 1. The van der Waals surface area contributed by atoms with Gasteiger partial charge in [-0.2, -0.15) is 0 Å². The number of hydrogen-bond donors (Lipinski definition) is 1. The minimum Gasteiger partial charge on any atom is -0.497 e. The Kier molecular flexibility index (Phi) is 7.45. The predicted molar refractivity (Wildman–Crippen MR) is 119 cm³/mol. The molecule has 0 unspecified atom stereocenters. The number of nitrogens with one attached hydrogen (secondary N) is 1. The van der Waals surface area contributed by atoms with Crippen molar-refractivity contribution in [2.24, 2.45) is 0 Å². The van der Waals surface area contributed by atoms with Crippen LogP contribution in [0.4, 0.5) is 0 Å². The number of aryl methyl sites for hydroxylation is 1.